The van der Waals surface area contributed by atoms with Gasteiger partial charge in [-0.3, -0.25) is 13.9 Å². The van der Waals surface area contributed by atoms with Gasteiger partial charge in [-0.05, 0) is 37.5 Å². The minimum Gasteiger partial charge on any atom is -0.352 e. The van der Waals surface area contributed by atoms with Gasteiger partial charge in [0.2, 0.25) is 21.8 Å². The van der Waals surface area contributed by atoms with Crippen molar-refractivity contribution in [2.24, 2.45) is 0 Å². The van der Waals surface area contributed by atoms with Crippen LogP contribution in [0.1, 0.15) is 38.2 Å². The van der Waals surface area contributed by atoms with Crippen LogP contribution in [-0.2, 0) is 26.2 Å². The molecule has 0 saturated heterocycles. The van der Waals surface area contributed by atoms with E-state index < -0.39 is 40.2 Å². The summed E-state index contributed by atoms with van der Waals surface area (Å²) in [7, 11) is -4.02. The third-order valence-corrected chi connectivity index (χ3v) is 7.08. The summed E-state index contributed by atoms with van der Waals surface area (Å²) in [5, 5.41) is 2.97. The average molecular weight is 494 g/mol. The lowest BCUT2D eigenvalue weighted by atomic mass is 10.1. The maximum absolute atomic E-state index is 13.8. The Morgan fingerprint density at radius 1 is 1.06 bits per heavy atom. The van der Waals surface area contributed by atoms with Gasteiger partial charge in [0.1, 0.15) is 12.6 Å². The normalized spacial score (nSPS) is 15.1. The zero-order valence-electron chi connectivity index (χ0n) is 19.2. The summed E-state index contributed by atoms with van der Waals surface area (Å²) in [6.07, 6.45) is 4.69. The number of hydrogen-bond acceptors (Lipinski definition) is 4. The molecule has 0 aromatic heterocycles. The predicted molar refractivity (Wildman–Crippen MR) is 125 cm³/mol. The van der Waals surface area contributed by atoms with Gasteiger partial charge < -0.3 is 10.2 Å². The number of halogens is 2. The molecular formula is C24H29F2N3O4S. The summed E-state index contributed by atoms with van der Waals surface area (Å²) in [6, 6.07) is 10.8. The molecule has 1 aliphatic carbocycles. The molecule has 184 valence electrons. The van der Waals surface area contributed by atoms with Crippen molar-refractivity contribution in [2.45, 2.75) is 51.2 Å². The van der Waals surface area contributed by atoms with E-state index in [0.29, 0.717) is 4.31 Å². The lowest BCUT2D eigenvalue weighted by Gasteiger charge is -2.32. The monoisotopic (exact) mass is 493 g/mol. The van der Waals surface area contributed by atoms with Crippen molar-refractivity contribution >= 4 is 27.5 Å². The third kappa shape index (κ3) is 6.53. The number of rotatable bonds is 9. The second-order valence-corrected chi connectivity index (χ2v) is 10.4. The average Bonchev–Trinajstić information content (AvgIpc) is 3.30. The molecule has 0 aliphatic heterocycles. The van der Waals surface area contributed by atoms with Gasteiger partial charge in [-0.25, -0.2) is 17.2 Å². The maximum atomic E-state index is 13.8. The topological polar surface area (TPSA) is 86.8 Å². The van der Waals surface area contributed by atoms with Crippen molar-refractivity contribution in [1.82, 2.24) is 10.2 Å². The molecule has 7 nitrogen and oxygen atoms in total. The van der Waals surface area contributed by atoms with Crippen LogP contribution in [0.2, 0.25) is 0 Å². The first-order valence-electron chi connectivity index (χ1n) is 11.1. The van der Waals surface area contributed by atoms with Crippen molar-refractivity contribution in [3.8, 4) is 0 Å². The van der Waals surface area contributed by atoms with Crippen LogP contribution in [0.15, 0.2) is 48.5 Å². The van der Waals surface area contributed by atoms with E-state index in [9.17, 15) is 26.8 Å². The van der Waals surface area contributed by atoms with Crippen LogP contribution in [0, 0.1) is 11.6 Å². The number of carbonyl (C=O) groups excluding carboxylic acids is 2. The summed E-state index contributed by atoms with van der Waals surface area (Å²) in [4.78, 5) is 27.6. The van der Waals surface area contributed by atoms with E-state index in [1.807, 2.05) is 6.07 Å². The first-order valence-corrected chi connectivity index (χ1v) is 13.0. The third-order valence-electron chi connectivity index (χ3n) is 5.93. The first kappa shape index (κ1) is 25.6. The highest BCUT2D eigenvalue weighted by atomic mass is 32.2. The molecule has 1 N–H and O–H groups in total. The second-order valence-electron chi connectivity index (χ2n) is 8.54. The lowest BCUT2D eigenvalue weighted by Crippen LogP contribution is -2.52. The van der Waals surface area contributed by atoms with Crippen LogP contribution >= 0.6 is 0 Å². The number of amides is 2. The van der Waals surface area contributed by atoms with Crippen molar-refractivity contribution < 1.29 is 26.8 Å². The van der Waals surface area contributed by atoms with Gasteiger partial charge in [-0.1, -0.05) is 43.2 Å². The van der Waals surface area contributed by atoms with E-state index >= 15 is 0 Å². The van der Waals surface area contributed by atoms with Crippen LogP contribution < -0.4 is 9.62 Å². The van der Waals surface area contributed by atoms with Gasteiger partial charge >= 0.3 is 0 Å². The van der Waals surface area contributed by atoms with Crippen LogP contribution in [0.5, 0.6) is 0 Å². The highest BCUT2D eigenvalue weighted by Gasteiger charge is 2.31. The van der Waals surface area contributed by atoms with E-state index in [0.717, 1.165) is 55.7 Å². The summed E-state index contributed by atoms with van der Waals surface area (Å²) in [5.74, 6) is -3.33. The number of anilines is 1. The summed E-state index contributed by atoms with van der Waals surface area (Å²) in [6.45, 7) is 1.000. The van der Waals surface area contributed by atoms with Crippen molar-refractivity contribution in [3.05, 3.63) is 65.7 Å². The molecule has 1 aliphatic rings. The van der Waals surface area contributed by atoms with Gasteiger partial charge in [-0.2, -0.15) is 0 Å². The van der Waals surface area contributed by atoms with Crippen molar-refractivity contribution in [3.63, 3.8) is 0 Å². The van der Waals surface area contributed by atoms with Crippen molar-refractivity contribution in [2.75, 3.05) is 17.1 Å². The molecule has 1 saturated carbocycles. The Kier molecular flexibility index (Phi) is 8.24. The quantitative estimate of drug-likeness (QED) is 0.581. The standard InChI is InChI=1S/C24H29F2N3O4S/c1-17(24(31)27-19-10-6-7-11-19)28(15-18-8-4-3-5-9-18)23(30)16-29(34(2,32)33)20-12-13-21(25)22(26)14-20/h3-5,8-9,12-14,17,19H,6-7,10-11,15-16H2,1-2H3,(H,27,31)/t17-/m1/s1. The molecule has 10 heteroatoms. The minimum absolute atomic E-state index is 0.0540. The Labute approximate surface area is 198 Å². The van der Waals surface area contributed by atoms with E-state index in [1.54, 1.807) is 31.2 Å². The van der Waals surface area contributed by atoms with E-state index in [-0.39, 0.29) is 24.2 Å². The van der Waals surface area contributed by atoms with E-state index in [4.69, 9.17) is 0 Å². The predicted octanol–water partition coefficient (Wildman–Crippen LogP) is 3.21. The number of hydrogen-bond donors (Lipinski definition) is 1. The summed E-state index contributed by atoms with van der Waals surface area (Å²) in [5.41, 5.74) is 0.576. The molecule has 0 unspecified atom stereocenters. The molecule has 0 heterocycles. The Morgan fingerprint density at radius 3 is 2.29 bits per heavy atom. The van der Waals surface area contributed by atoms with E-state index in [2.05, 4.69) is 5.32 Å². The zero-order valence-corrected chi connectivity index (χ0v) is 20.0. The van der Waals surface area contributed by atoms with Crippen molar-refractivity contribution in [1.29, 1.82) is 0 Å². The summed E-state index contributed by atoms with van der Waals surface area (Å²) < 4.78 is 52.8. The molecule has 3 rings (SSSR count). The molecule has 34 heavy (non-hydrogen) atoms. The fraction of sp³-hybridized carbons (Fsp3) is 0.417. The Morgan fingerprint density at radius 2 is 1.71 bits per heavy atom. The maximum Gasteiger partial charge on any atom is 0.244 e. The summed E-state index contributed by atoms with van der Waals surface area (Å²) >= 11 is 0. The number of nitrogens with zero attached hydrogens (tertiary/aromatic N) is 2. The number of nitrogens with one attached hydrogen (secondary N) is 1. The highest BCUT2D eigenvalue weighted by Crippen LogP contribution is 2.22. The Hall–Kier alpha value is -3.01. The second kappa shape index (κ2) is 10.9. The SMILES string of the molecule is C[C@H](C(=O)NC1CCCC1)N(Cc1ccccc1)C(=O)CN(c1ccc(F)c(F)c1)S(C)(=O)=O. The fourth-order valence-electron chi connectivity index (χ4n) is 4.01. The number of benzene rings is 2. The lowest BCUT2D eigenvalue weighted by molar-refractivity contribution is -0.139. The highest BCUT2D eigenvalue weighted by molar-refractivity contribution is 7.92. The minimum atomic E-state index is -4.02. The molecule has 0 bridgehead atoms. The molecule has 0 radical (unpaired) electrons. The van der Waals surface area contributed by atoms with Gasteiger partial charge in [0, 0.05) is 18.7 Å². The first-order chi connectivity index (χ1) is 16.1. The van der Waals surface area contributed by atoms with Gasteiger partial charge in [0.25, 0.3) is 0 Å². The number of carbonyl (C=O) groups is 2. The van der Waals surface area contributed by atoms with Crippen LogP contribution in [-0.4, -0.2) is 50.0 Å². The fourth-order valence-corrected chi connectivity index (χ4v) is 4.85. The number of sulfonamides is 1. The van der Waals surface area contributed by atoms with Gasteiger partial charge in [0.05, 0.1) is 11.9 Å². The Bertz CT molecular complexity index is 1120. The Balaban J connectivity index is 1.87. The smallest absolute Gasteiger partial charge is 0.244 e. The molecular weight excluding hydrogens is 464 g/mol. The molecule has 2 aromatic carbocycles. The largest absolute Gasteiger partial charge is 0.352 e. The molecule has 1 fully saturated rings. The van der Waals surface area contributed by atoms with Crippen LogP contribution in [0.4, 0.5) is 14.5 Å². The van der Waals surface area contributed by atoms with Gasteiger partial charge in [0.15, 0.2) is 11.6 Å². The molecule has 1 atom stereocenters. The van der Waals surface area contributed by atoms with Gasteiger partial charge in [-0.15, -0.1) is 0 Å². The molecule has 2 aromatic rings. The zero-order chi connectivity index (χ0) is 24.9. The van der Waals surface area contributed by atoms with E-state index in [1.165, 1.54) is 4.90 Å². The molecule has 0 spiro atoms. The van der Waals surface area contributed by atoms with Crippen LogP contribution in [0.25, 0.3) is 0 Å². The molecule has 2 amide bonds. The van der Waals surface area contributed by atoms with Crippen LogP contribution in [0.3, 0.4) is 0 Å².